The van der Waals surface area contributed by atoms with Crippen molar-refractivity contribution in [2.75, 3.05) is 13.2 Å². The Kier molecular flexibility index (Phi) is 60.8. The second-order valence-electron chi connectivity index (χ2n) is 21.3. The summed E-state index contributed by atoms with van der Waals surface area (Å²) in [6, 6.07) is 0. The van der Waals surface area contributed by atoms with Crippen LogP contribution in [0.2, 0.25) is 0 Å². The molecule has 0 heterocycles. The molecule has 0 spiro atoms. The van der Waals surface area contributed by atoms with Gasteiger partial charge in [-0.05, 0) is 96.3 Å². The van der Waals surface area contributed by atoms with Crippen LogP contribution < -0.4 is 0 Å². The van der Waals surface area contributed by atoms with Gasteiger partial charge in [-0.15, -0.1) is 0 Å². The van der Waals surface area contributed by atoms with Crippen LogP contribution in [0.1, 0.15) is 310 Å². The van der Waals surface area contributed by atoms with Gasteiger partial charge in [-0.3, -0.25) is 14.4 Å². The van der Waals surface area contributed by atoms with Gasteiger partial charge in [0.2, 0.25) is 0 Å². The van der Waals surface area contributed by atoms with Gasteiger partial charge in [0.05, 0.1) is 0 Å². The molecule has 6 nitrogen and oxygen atoms in total. The number of unbranched alkanes of at least 4 members (excludes halogenated alkanes) is 31. The number of carbonyl (C=O) groups is 3. The minimum absolute atomic E-state index is 0.0767. The predicted molar refractivity (Wildman–Crippen MR) is 330 cm³/mol. The zero-order valence-corrected chi connectivity index (χ0v) is 50.0. The SMILES string of the molecule is CC/C=C\C/C=C\C/C=C\C/C=C\CCCCCCCCCCCCCCC(=O)OCC(COC(=O)CCCCCCCCCCCC)OC(=O)CCCCCCCCCCCC/C=C\C/C=C\C/C=C\C/C=C\CC. The minimum atomic E-state index is -0.780. The van der Waals surface area contributed by atoms with E-state index in [9.17, 15) is 14.4 Å². The molecule has 1 unspecified atom stereocenters. The first kappa shape index (κ1) is 72.3. The highest BCUT2D eigenvalue weighted by Crippen LogP contribution is 2.17. The first-order valence-electron chi connectivity index (χ1n) is 32.2. The third kappa shape index (κ3) is 61.2. The monoisotopic (exact) mass is 1060 g/mol. The van der Waals surface area contributed by atoms with Gasteiger partial charge in [-0.25, -0.2) is 0 Å². The lowest BCUT2D eigenvalue weighted by Gasteiger charge is -2.18. The normalized spacial score (nSPS) is 12.7. The summed E-state index contributed by atoms with van der Waals surface area (Å²) in [5.74, 6) is -0.874. The highest BCUT2D eigenvalue weighted by molar-refractivity contribution is 5.71. The third-order valence-corrected chi connectivity index (χ3v) is 13.8. The Hall–Kier alpha value is -3.67. The second kappa shape index (κ2) is 63.9. The number of esters is 3. The topological polar surface area (TPSA) is 78.9 Å². The van der Waals surface area contributed by atoms with Crippen molar-refractivity contribution in [1.29, 1.82) is 0 Å². The maximum atomic E-state index is 12.9. The van der Waals surface area contributed by atoms with E-state index in [0.717, 1.165) is 109 Å². The number of ether oxygens (including phenoxy) is 3. The van der Waals surface area contributed by atoms with Gasteiger partial charge in [0.1, 0.15) is 13.2 Å². The Balaban J connectivity index is 4.24. The fourth-order valence-electron chi connectivity index (χ4n) is 9.07. The van der Waals surface area contributed by atoms with Crippen molar-refractivity contribution in [2.24, 2.45) is 0 Å². The summed E-state index contributed by atoms with van der Waals surface area (Å²) in [6.07, 6.45) is 85.6. The molecule has 76 heavy (non-hydrogen) atoms. The van der Waals surface area contributed by atoms with Crippen LogP contribution in [0, 0.1) is 0 Å². The molecule has 0 bridgehead atoms. The smallest absolute Gasteiger partial charge is 0.306 e. The maximum Gasteiger partial charge on any atom is 0.306 e. The average molecular weight is 1060 g/mol. The lowest BCUT2D eigenvalue weighted by atomic mass is 10.0. The number of carbonyl (C=O) groups excluding carboxylic acids is 3. The van der Waals surface area contributed by atoms with Gasteiger partial charge in [0, 0.05) is 19.3 Å². The second-order valence-corrected chi connectivity index (χ2v) is 21.3. The molecule has 0 radical (unpaired) electrons. The molecule has 0 aliphatic carbocycles. The van der Waals surface area contributed by atoms with Crippen LogP contribution in [-0.2, 0) is 28.6 Å². The molecular formula is C70H120O6. The van der Waals surface area contributed by atoms with Crippen molar-refractivity contribution in [3.05, 3.63) is 97.2 Å². The molecule has 0 saturated heterocycles. The number of hydrogen-bond acceptors (Lipinski definition) is 6. The van der Waals surface area contributed by atoms with E-state index >= 15 is 0 Å². The summed E-state index contributed by atoms with van der Waals surface area (Å²) in [4.78, 5) is 38.3. The van der Waals surface area contributed by atoms with Crippen LogP contribution in [0.25, 0.3) is 0 Å². The zero-order chi connectivity index (χ0) is 55.0. The van der Waals surface area contributed by atoms with Gasteiger partial charge in [0.15, 0.2) is 6.10 Å². The van der Waals surface area contributed by atoms with Crippen molar-refractivity contribution < 1.29 is 28.6 Å². The van der Waals surface area contributed by atoms with Gasteiger partial charge in [-0.2, -0.15) is 0 Å². The Labute approximate surface area is 470 Å². The Morgan fingerprint density at radius 3 is 0.803 bits per heavy atom. The molecule has 6 heteroatoms. The fourth-order valence-corrected chi connectivity index (χ4v) is 9.07. The highest BCUT2D eigenvalue weighted by Gasteiger charge is 2.19. The standard InChI is InChI=1S/C70H120O6/c1-4-7-10-13-16-19-22-24-26-28-30-32-34-35-37-38-40-42-44-46-48-51-54-57-60-63-69(72)75-66-67(65-74-68(71)62-59-56-53-50-21-18-15-12-9-6-3)76-70(73)64-61-58-55-52-49-47-45-43-41-39-36-33-31-29-27-25-23-20-17-14-11-8-5-2/h7-8,10-11,16-17,19-20,24-27,30-33,67H,4-6,9,12-15,18,21-23,28-29,34-66H2,1-3H3/b10-7-,11-8-,19-16-,20-17-,26-24-,27-25-,32-30-,33-31-. The predicted octanol–water partition coefficient (Wildman–Crippen LogP) is 22.0. The third-order valence-electron chi connectivity index (χ3n) is 13.8. The van der Waals surface area contributed by atoms with Crippen molar-refractivity contribution >= 4 is 17.9 Å². The summed E-state index contributed by atoms with van der Waals surface area (Å²) in [5.41, 5.74) is 0. The molecule has 0 amide bonds. The van der Waals surface area contributed by atoms with Crippen LogP contribution in [0.15, 0.2) is 97.2 Å². The minimum Gasteiger partial charge on any atom is -0.462 e. The van der Waals surface area contributed by atoms with E-state index < -0.39 is 6.10 Å². The number of hydrogen-bond donors (Lipinski definition) is 0. The molecule has 1 atom stereocenters. The molecule has 0 aromatic heterocycles. The average Bonchev–Trinajstić information content (AvgIpc) is 3.42. The van der Waals surface area contributed by atoms with Crippen LogP contribution in [0.5, 0.6) is 0 Å². The largest absolute Gasteiger partial charge is 0.462 e. The lowest BCUT2D eigenvalue weighted by molar-refractivity contribution is -0.167. The van der Waals surface area contributed by atoms with E-state index in [1.165, 1.54) is 161 Å². The van der Waals surface area contributed by atoms with Crippen LogP contribution in [0.4, 0.5) is 0 Å². The quantitative estimate of drug-likeness (QED) is 0.0261. The Bertz CT molecular complexity index is 1490. The Morgan fingerprint density at radius 2 is 0.513 bits per heavy atom. The molecule has 0 aliphatic rings. The van der Waals surface area contributed by atoms with Crippen molar-refractivity contribution in [2.45, 2.75) is 316 Å². The zero-order valence-electron chi connectivity index (χ0n) is 50.0. The Morgan fingerprint density at radius 1 is 0.276 bits per heavy atom. The number of rotatable bonds is 58. The van der Waals surface area contributed by atoms with E-state index in [-0.39, 0.29) is 31.1 Å². The van der Waals surface area contributed by atoms with E-state index in [4.69, 9.17) is 14.2 Å². The summed E-state index contributed by atoms with van der Waals surface area (Å²) >= 11 is 0. The maximum absolute atomic E-state index is 12.9. The summed E-state index contributed by atoms with van der Waals surface area (Å²) < 4.78 is 16.9. The van der Waals surface area contributed by atoms with Gasteiger partial charge >= 0.3 is 17.9 Å². The molecule has 436 valence electrons. The van der Waals surface area contributed by atoms with E-state index in [1.807, 2.05) is 0 Å². The highest BCUT2D eigenvalue weighted by atomic mass is 16.6. The molecule has 0 N–H and O–H groups in total. The summed E-state index contributed by atoms with van der Waals surface area (Å²) in [5, 5.41) is 0. The fraction of sp³-hybridized carbons (Fsp3) is 0.729. The van der Waals surface area contributed by atoms with Crippen LogP contribution in [-0.4, -0.2) is 37.2 Å². The first-order chi connectivity index (χ1) is 37.5. The first-order valence-corrected chi connectivity index (χ1v) is 32.2. The summed E-state index contributed by atoms with van der Waals surface area (Å²) in [6.45, 7) is 6.43. The lowest BCUT2D eigenvalue weighted by Crippen LogP contribution is -2.30. The van der Waals surface area contributed by atoms with E-state index in [1.54, 1.807) is 0 Å². The van der Waals surface area contributed by atoms with Crippen molar-refractivity contribution in [3.8, 4) is 0 Å². The number of allylic oxidation sites excluding steroid dienone is 16. The molecule has 0 aromatic carbocycles. The summed E-state index contributed by atoms with van der Waals surface area (Å²) in [7, 11) is 0. The molecule has 0 fully saturated rings. The van der Waals surface area contributed by atoms with Crippen LogP contribution in [0.3, 0.4) is 0 Å². The molecular weight excluding hydrogens is 937 g/mol. The van der Waals surface area contributed by atoms with Gasteiger partial charge < -0.3 is 14.2 Å². The molecule has 0 aliphatic heterocycles. The van der Waals surface area contributed by atoms with Gasteiger partial charge in [-0.1, -0.05) is 291 Å². The van der Waals surface area contributed by atoms with E-state index in [0.29, 0.717) is 19.3 Å². The molecule has 0 rings (SSSR count). The molecule has 0 saturated carbocycles. The van der Waals surface area contributed by atoms with E-state index in [2.05, 4.69) is 118 Å². The van der Waals surface area contributed by atoms with Crippen molar-refractivity contribution in [3.63, 3.8) is 0 Å². The van der Waals surface area contributed by atoms with Gasteiger partial charge in [0.25, 0.3) is 0 Å². The van der Waals surface area contributed by atoms with Crippen molar-refractivity contribution in [1.82, 2.24) is 0 Å². The van der Waals surface area contributed by atoms with Crippen LogP contribution >= 0.6 is 0 Å². The molecule has 0 aromatic rings.